The van der Waals surface area contributed by atoms with Gasteiger partial charge in [-0.25, -0.2) is 0 Å². The molecule has 0 aromatic carbocycles. The normalized spacial score (nSPS) is 13.1. The minimum Gasteiger partial charge on any atom is -0.333 e. The molecule has 104 valence electrons. The molecule has 2 aromatic rings. The summed E-state index contributed by atoms with van der Waals surface area (Å²) in [5.74, 6) is 0.965. The second-order valence-electron chi connectivity index (χ2n) is 4.24. The van der Waals surface area contributed by atoms with Gasteiger partial charge in [-0.2, -0.15) is 4.98 Å². The third-order valence-corrected chi connectivity index (χ3v) is 3.78. The van der Waals surface area contributed by atoms with E-state index in [-0.39, 0.29) is 6.04 Å². The van der Waals surface area contributed by atoms with E-state index in [2.05, 4.69) is 38.5 Å². The highest BCUT2D eigenvalue weighted by Gasteiger charge is 2.19. The third-order valence-electron chi connectivity index (χ3n) is 2.97. The summed E-state index contributed by atoms with van der Waals surface area (Å²) in [4.78, 5) is 7.36. The SMILES string of the molecule is CCN(CC)CC(N)c1noc(-c2snnc2C)n1. The Balaban J connectivity index is 2.11. The fraction of sp³-hybridized carbons (Fsp3) is 0.636. The van der Waals surface area contributed by atoms with Crippen LogP contribution in [0, 0.1) is 6.92 Å². The molecule has 2 aromatic heterocycles. The van der Waals surface area contributed by atoms with Crippen molar-refractivity contribution in [2.75, 3.05) is 19.6 Å². The van der Waals surface area contributed by atoms with Crippen LogP contribution >= 0.6 is 11.5 Å². The van der Waals surface area contributed by atoms with Crippen molar-refractivity contribution in [2.24, 2.45) is 5.73 Å². The van der Waals surface area contributed by atoms with E-state index in [1.54, 1.807) is 0 Å². The summed E-state index contributed by atoms with van der Waals surface area (Å²) in [5, 5.41) is 7.87. The van der Waals surface area contributed by atoms with Gasteiger partial charge in [0.15, 0.2) is 5.82 Å². The lowest BCUT2D eigenvalue weighted by Gasteiger charge is -2.20. The van der Waals surface area contributed by atoms with Crippen molar-refractivity contribution in [2.45, 2.75) is 26.8 Å². The van der Waals surface area contributed by atoms with E-state index in [1.165, 1.54) is 11.5 Å². The van der Waals surface area contributed by atoms with E-state index >= 15 is 0 Å². The van der Waals surface area contributed by atoms with Crippen LogP contribution in [0.25, 0.3) is 10.8 Å². The maximum atomic E-state index is 6.10. The molecule has 2 N–H and O–H groups in total. The standard InChI is InChI=1S/C11H18N6OS/c1-4-17(5-2)6-8(12)10-13-11(18-15-10)9-7(3)14-16-19-9/h8H,4-6,12H2,1-3H3. The molecule has 0 aliphatic rings. The summed E-state index contributed by atoms with van der Waals surface area (Å²) in [5.41, 5.74) is 6.89. The van der Waals surface area contributed by atoms with Crippen LogP contribution in [-0.2, 0) is 0 Å². The fourth-order valence-corrected chi connectivity index (χ4v) is 2.33. The zero-order valence-electron chi connectivity index (χ0n) is 11.3. The Kier molecular flexibility index (Phi) is 4.56. The topological polar surface area (TPSA) is 94.0 Å². The molecule has 0 bridgehead atoms. The van der Waals surface area contributed by atoms with Gasteiger partial charge >= 0.3 is 0 Å². The van der Waals surface area contributed by atoms with Crippen LogP contribution in [0.2, 0.25) is 0 Å². The molecule has 0 saturated carbocycles. The first-order chi connectivity index (χ1) is 9.15. The van der Waals surface area contributed by atoms with Crippen molar-refractivity contribution in [3.63, 3.8) is 0 Å². The average molecular weight is 282 g/mol. The molecule has 0 fully saturated rings. The van der Waals surface area contributed by atoms with E-state index in [1.807, 2.05) is 6.92 Å². The molecule has 0 saturated heterocycles. The highest BCUT2D eigenvalue weighted by Crippen LogP contribution is 2.24. The Hall–Kier alpha value is -1.38. The highest BCUT2D eigenvalue weighted by molar-refractivity contribution is 7.09. The van der Waals surface area contributed by atoms with Crippen molar-refractivity contribution in [1.82, 2.24) is 24.6 Å². The van der Waals surface area contributed by atoms with E-state index in [0.717, 1.165) is 23.7 Å². The van der Waals surface area contributed by atoms with Crippen molar-refractivity contribution in [3.05, 3.63) is 11.5 Å². The van der Waals surface area contributed by atoms with Crippen LogP contribution in [0.4, 0.5) is 0 Å². The third kappa shape index (κ3) is 3.14. The fourth-order valence-electron chi connectivity index (χ4n) is 1.75. The van der Waals surface area contributed by atoms with Crippen molar-refractivity contribution < 1.29 is 4.52 Å². The maximum Gasteiger partial charge on any atom is 0.271 e. The molecule has 0 spiro atoms. The molecule has 1 atom stereocenters. The van der Waals surface area contributed by atoms with Gasteiger partial charge in [0, 0.05) is 6.54 Å². The van der Waals surface area contributed by atoms with Gasteiger partial charge in [0.25, 0.3) is 5.89 Å². The summed E-state index contributed by atoms with van der Waals surface area (Å²) < 4.78 is 9.08. The van der Waals surface area contributed by atoms with Gasteiger partial charge in [0.05, 0.1) is 11.7 Å². The summed E-state index contributed by atoms with van der Waals surface area (Å²) >= 11 is 1.24. The number of aryl methyl sites for hydroxylation is 1. The van der Waals surface area contributed by atoms with E-state index in [0.29, 0.717) is 18.3 Å². The Morgan fingerprint density at radius 1 is 1.37 bits per heavy atom. The van der Waals surface area contributed by atoms with Gasteiger partial charge in [0.2, 0.25) is 0 Å². The number of nitrogens with two attached hydrogens (primary N) is 1. The lowest BCUT2D eigenvalue weighted by molar-refractivity contribution is 0.278. The molecule has 0 amide bonds. The average Bonchev–Trinajstić information content (AvgIpc) is 3.03. The molecule has 19 heavy (non-hydrogen) atoms. The lowest BCUT2D eigenvalue weighted by Crippen LogP contribution is -2.32. The van der Waals surface area contributed by atoms with Gasteiger partial charge in [-0.1, -0.05) is 23.5 Å². The Bertz CT molecular complexity index is 521. The highest BCUT2D eigenvalue weighted by atomic mass is 32.1. The Morgan fingerprint density at radius 3 is 2.68 bits per heavy atom. The smallest absolute Gasteiger partial charge is 0.271 e. The van der Waals surface area contributed by atoms with Crippen molar-refractivity contribution >= 4 is 11.5 Å². The van der Waals surface area contributed by atoms with Gasteiger partial charge in [-0.3, -0.25) is 0 Å². The van der Waals surface area contributed by atoms with Crippen LogP contribution in [0.3, 0.4) is 0 Å². The molecule has 1 unspecified atom stereocenters. The largest absolute Gasteiger partial charge is 0.333 e. The monoisotopic (exact) mass is 282 g/mol. The van der Waals surface area contributed by atoms with Crippen LogP contribution in [0.5, 0.6) is 0 Å². The van der Waals surface area contributed by atoms with E-state index in [9.17, 15) is 0 Å². The first kappa shape index (κ1) is 14.0. The number of hydrogen-bond donors (Lipinski definition) is 1. The van der Waals surface area contributed by atoms with E-state index in [4.69, 9.17) is 10.3 Å². The number of hydrogen-bond acceptors (Lipinski definition) is 8. The number of nitrogens with zero attached hydrogens (tertiary/aromatic N) is 5. The Labute approximate surface area is 116 Å². The molecule has 0 radical (unpaired) electrons. The van der Waals surface area contributed by atoms with Crippen LogP contribution in [-0.4, -0.2) is 44.3 Å². The van der Waals surface area contributed by atoms with Crippen LogP contribution in [0.1, 0.15) is 31.4 Å². The van der Waals surface area contributed by atoms with Gasteiger partial charge < -0.3 is 15.2 Å². The maximum absolute atomic E-state index is 6.10. The molecular weight excluding hydrogens is 264 g/mol. The minimum absolute atomic E-state index is 0.251. The number of aromatic nitrogens is 4. The number of likely N-dealkylation sites (N-methyl/N-ethyl adjacent to an activating group) is 1. The van der Waals surface area contributed by atoms with E-state index < -0.39 is 0 Å². The minimum atomic E-state index is -0.251. The predicted molar refractivity (Wildman–Crippen MR) is 72.7 cm³/mol. The molecule has 0 aliphatic carbocycles. The summed E-state index contributed by atoms with van der Waals surface area (Å²) in [6.07, 6.45) is 0. The first-order valence-corrected chi connectivity index (χ1v) is 7.03. The molecule has 8 heteroatoms. The van der Waals surface area contributed by atoms with Crippen molar-refractivity contribution in [1.29, 1.82) is 0 Å². The predicted octanol–water partition coefficient (Wildman–Crippen LogP) is 1.24. The first-order valence-electron chi connectivity index (χ1n) is 6.26. The van der Waals surface area contributed by atoms with Gasteiger partial charge in [-0.15, -0.1) is 5.10 Å². The summed E-state index contributed by atoms with van der Waals surface area (Å²) in [7, 11) is 0. The second kappa shape index (κ2) is 6.18. The summed E-state index contributed by atoms with van der Waals surface area (Å²) in [6.45, 7) is 8.68. The zero-order valence-corrected chi connectivity index (χ0v) is 12.1. The molecule has 2 rings (SSSR count). The van der Waals surface area contributed by atoms with Crippen LogP contribution in [0.15, 0.2) is 4.52 Å². The number of rotatable bonds is 6. The molecule has 7 nitrogen and oxygen atoms in total. The van der Waals surface area contributed by atoms with Gasteiger partial charge in [0.1, 0.15) is 4.88 Å². The van der Waals surface area contributed by atoms with Crippen LogP contribution < -0.4 is 5.73 Å². The zero-order chi connectivity index (χ0) is 13.8. The molecule has 2 heterocycles. The molecule has 0 aliphatic heterocycles. The van der Waals surface area contributed by atoms with Gasteiger partial charge in [-0.05, 0) is 31.5 Å². The molecular formula is C11H18N6OS. The second-order valence-corrected chi connectivity index (χ2v) is 4.99. The summed E-state index contributed by atoms with van der Waals surface area (Å²) in [6, 6.07) is -0.251. The lowest BCUT2D eigenvalue weighted by atomic mass is 10.2. The van der Waals surface area contributed by atoms with Crippen molar-refractivity contribution in [3.8, 4) is 10.8 Å². The Morgan fingerprint density at radius 2 is 2.11 bits per heavy atom. The quantitative estimate of drug-likeness (QED) is 0.851.